The lowest BCUT2D eigenvalue weighted by Gasteiger charge is -2.27. The predicted molar refractivity (Wildman–Crippen MR) is 95.3 cm³/mol. The highest BCUT2D eigenvalue weighted by Gasteiger charge is 2.19. The van der Waals surface area contributed by atoms with Gasteiger partial charge in [-0.05, 0) is 18.2 Å². The number of rotatable bonds is 2. The van der Waals surface area contributed by atoms with Gasteiger partial charge in [0.05, 0.1) is 29.9 Å². The lowest BCUT2D eigenvalue weighted by molar-refractivity contribution is 0.123. The molecule has 0 radical (unpaired) electrons. The molecular weight excluding hydrogens is 320 g/mol. The van der Waals surface area contributed by atoms with Crippen molar-refractivity contribution in [2.45, 2.75) is 0 Å². The van der Waals surface area contributed by atoms with Crippen LogP contribution in [0.5, 0.6) is 0 Å². The van der Waals surface area contributed by atoms with Crippen LogP contribution in [0.1, 0.15) is 11.1 Å². The summed E-state index contributed by atoms with van der Waals surface area (Å²) in [4.78, 5) is 7.40. The molecule has 5 heteroatoms. The molecule has 3 heterocycles. The van der Waals surface area contributed by atoms with E-state index in [2.05, 4.69) is 27.8 Å². The second kappa shape index (κ2) is 6.91. The normalized spacial score (nSPS) is 14.2. The highest BCUT2D eigenvalue weighted by atomic mass is 32.1. The standard InChI is InChI=1S/C19H16N2O2S/c1-2-4-15(5-3-1)6-7-16-12-18(17-13-20-14-23-17)24-19(16)21-8-10-22-11-9-21/h1-5,12-14H,8-11H2. The van der Waals surface area contributed by atoms with Gasteiger partial charge in [0.15, 0.2) is 12.2 Å². The van der Waals surface area contributed by atoms with Gasteiger partial charge >= 0.3 is 0 Å². The zero-order valence-electron chi connectivity index (χ0n) is 13.1. The number of hydrogen-bond donors (Lipinski definition) is 0. The number of ether oxygens (including phenoxy) is 1. The molecule has 0 aliphatic carbocycles. The van der Waals surface area contributed by atoms with E-state index in [9.17, 15) is 0 Å². The molecule has 3 aromatic rings. The molecular formula is C19H16N2O2S. The zero-order valence-corrected chi connectivity index (χ0v) is 13.9. The Morgan fingerprint density at radius 3 is 2.67 bits per heavy atom. The van der Waals surface area contributed by atoms with Gasteiger partial charge in [-0.15, -0.1) is 11.3 Å². The van der Waals surface area contributed by atoms with Crippen molar-refractivity contribution >= 4 is 16.3 Å². The van der Waals surface area contributed by atoms with Gasteiger partial charge in [0, 0.05) is 18.7 Å². The highest BCUT2D eigenvalue weighted by Crippen LogP contribution is 2.37. The first kappa shape index (κ1) is 15.0. The zero-order chi connectivity index (χ0) is 16.2. The van der Waals surface area contributed by atoms with E-state index in [0.717, 1.165) is 48.1 Å². The fourth-order valence-corrected chi connectivity index (χ4v) is 3.71. The number of benzene rings is 1. The van der Waals surface area contributed by atoms with Gasteiger partial charge in [0.25, 0.3) is 0 Å². The summed E-state index contributed by atoms with van der Waals surface area (Å²) in [6.45, 7) is 3.27. The molecule has 1 saturated heterocycles. The van der Waals surface area contributed by atoms with Crippen LogP contribution in [0.25, 0.3) is 10.6 Å². The van der Waals surface area contributed by atoms with E-state index in [1.54, 1.807) is 17.5 Å². The van der Waals surface area contributed by atoms with Crippen molar-refractivity contribution in [2.75, 3.05) is 31.2 Å². The summed E-state index contributed by atoms with van der Waals surface area (Å²) in [6, 6.07) is 12.1. The van der Waals surface area contributed by atoms with Crippen molar-refractivity contribution in [1.82, 2.24) is 4.98 Å². The van der Waals surface area contributed by atoms with Crippen LogP contribution in [0, 0.1) is 11.8 Å². The van der Waals surface area contributed by atoms with Crippen molar-refractivity contribution in [3.05, 3.63) is 60.1 Å². The van der Waals surface area contributed by atoms with Crippen LogP contribution in [0.2, 0.25) is 0 Å². The fraction of sp³-hybridized carbons (Fsp3) is 0.211. The molecule has 0 saturated carbocycles. The Bertz CT molecular complexity index is 854. The summed E-state index contributed by atoms with van der Waals surface area (Å²) in [6.07, 6.45) is 3.20. The van der Waals surface area contributed by atoms with E-state index in [1.165, 1.54) is 11.4 Å². The molecule has 0 amide bonds. The van der Waals surface area contributed by atoms with Crippen LogP contribution < -0.4 is 4.90 Å². The summed E-state index contributed by atoms with van der Waals surface area (Å²) in [5.41, 5.74) is 2.04. The van der Waals surface area contributed by atoms with Gasteiger partial charge in [-0.3, -0.25) is 0 Å². The minimum absolute atomic E-state index is 0.751. The maximum atomic E-state index is 5.47. The van der Waals surface area contributed by atoms with Gasteiger partial charge in [0.1, 0.15) is 5.00 Å². The van der Waals surface area contributed by atoms with E-state index in [-0.39, 0.29) is 0 Å². The van der Waals surface area contributed by atoms with Gasteiger partial charge in [-0.25, -0.2) is 4.98 Å². The van der Waals surface area contributed by atoms with E-state index in [1.807, 2.05) is 30.3 Å². The molecule has 1 fully saturated rings. The fourth-order valence-electron chi connectivity index (χ4n) is 2.59. The second-order valence-electron chi connectivity index (χ2n) is 5.41. The quantitative estimate of drug-likeness (QED) is 0.670. The first-order valence-electron chi connectivity index (χ1n) is 7.82. The van der Waals surface area contributed by atoms with Crippen LogP contribution >= 0.6 is 11.3 Å². The maximum absolute atomic E-state index is 5.47. The number of oxazole rings is 1. The highest BCUT2D eigenvalue weighted by molar-refractivity contribution is 7.19. The van der Waals surface area contributed by atoms with Crippen LogP contribution in [0.15, 0.2) is 53.4 Å². The third-order valence-electron chi connectivity index (χ3n) is 3.80. The van der Waals surface area contributed by atoms with Crippen molar-refractivity contribution in [3.63, 3.8) is 0 Å². The summed E-state index contributed by atoms with van der Waals surface area (Å²) in [7, 11) is 0. The molecule has 0 unspecified atom stereocenters. The number of thiophene rings is 1. The largest absolute Gasteiger partial charge is 0.443 e. The lowest BCUT2D eigenvalue weighted by Crippen LogP contribution is -2.36. The summed E-state index contributed by atoms with van der Waals surface area (Å²) in [5, 5.41) is 1.17. The molecule has 2 aromatic heterocycles. The van der Waals surface area contributed by atoms with Crippen LogP contribution in [0.3, 0.4) is 0 Å². The van der Waals surface area contributed by atoms with Gasteiger partial charge < -0.3 is 14.1 Å². The molecule has 1 aromatic carbocycles. The Balaban J connectivity index is 1.72. The lowest BCUT2D eigenvalue weighted by atomic mass is 10.2. The molecule has 4 nitrogen and oxygen atoms in total. The van der Waals surface area contributed by atoms with Gasteiger partial charge in [-0.2, -0.15) is 0 Å². The van der Waals surface area contributed by atoms with Gasteiger partial charge in [-0.1, -0.05) is 30.0 Å². The maximum Gasteiger partial charge on any atom is 0.181 e. The number of morpholine rings is 1. The minimum Gasteiger partial charge on any atom is -0.443 e. The summed E-state index contributed by atoms with van der Waals surface area (Å²) in [5.74, 6) is 7.36. The monoisotopic (exact) mass is 336 g/mol. The predicted octanol–water partition coefficient (Wildman–Crippen LogP) is 3.64. The van der Waals surface area contributed by atoms with E-state index in [4.69, 9.17) is 9.15 Å². The topological polar surface area (TPSA) is 38.5 Å². The van der Waals surface area contributed by atoms with Crippen LogP contribution in [-0.4, -0.2) is 31.3 Å². The Hall–Kier alpha value is -2.55. The second-order valence-corrected chi connectivity index (χ2v) is 6.44. The molecule has 0 N–H and O–H groups in total. The van der Waals surface area contributed by atoms with E-state index < -0.39 is 0 Å². The third kappa shape index (κ3) is 3.21. The molecule has 1 aliphatic rings. The van der Waals surface area contributed by atoms with E-state index >= 15 is 0 Å². The summed E-state index contributed by atoms with van der Waals surface area (Å²) >= 11 is 1.69. The molecule has 1 aliphatic heterocycles. The SMILES string of the molecule is C(#Cc1cc(-c2cnco2)sc1N1CCOCC1)c1ccccc1. The van der Waals surface area contributed by atoms with E-state index in [0.29, 0.717) is 0 Å². The number of nitrogens with zero attached hydrogens (tertiary/aromatic N) is 2. The number of anilines is 1. The van der Waals surface area contributed by atoms with Crippen molar-refractivity contribution in [1.29, 1.82) is 0 Å². The smallest absolute Gasteiger partial charge is 0.181 e. The first-order chi connectivity index (χ1) is 11.9. The Morgan fingerprint density at radius 2 is 1.92 bits per heavy atom. The van der Waals surface area contributed by atoms with Crippen molar-refractivity contribution < 1.29 is 9.15 Å². The molecule has 120 valence electrons. The van der Waals surface area contributed by atoms with Crippen LogP contribution in [0.4, 0.5) is 5.00 Å². The third-order valence-corrected chi connectivity index (χ3v) is 5.01. The van der Waals surface area contributed by atoms with Gasteiger partial charge in [0.2, 0.25) is 0 Å². The first-order valence-corrected chi connectivity index (χ1v) is 8.64. The Labute approximate surface area is 144 Å². The Morgan fingerprint density at radius 1 is 1.08 bits per heavy atom. The molecule has 0 bridgehead atoms. The molecule has 4 rings (SSSR count). The number of hydrogen-bond acceptors (Lipinski definition) is 5. The number of aromatic nitrogens is 1. The average Bonchev–Trinajstić information content (AvgIpc) is 3.31. The molecule has 0 atom stereocenters. The molecule has 0 spiro atoms. The minimum atomic E-state index is 0.751. The summed E-state index contributed by atoms with van der Waals surface area (Å²) < 4.78 is 10.9. The van der Waals surface area contributed by atoms with Crippen molar-refractivity contribution in [3.8, 4) is 22.5 Å². The average molecular weight is 336 g/mol. The Kier molecular flexibility index (Phi) is 4.32. The molecule has 24 heavy (non-hydrogen) atoms. The van der Waals surface area contributed by atoms with Crippen molar-refractivity contribution in [2.24, 2.45) is 0 Å². The van der Waals surface area contributed by atoms with Crippen LogP contribution in [-0.2, 0) is 4.74 Å².